The fourth-order valence-corrected chi connectivity index (χ4v) is 4.09. The van der Waals surface area contributed by atoms with Gasteiger partial charge in [0.15, 0.2) is 0 Å². The Morgan fingerprint density at radius 1 is 1.10 bits per heavy atom. The Morgan fingerprint density at radius 2 is 1.80 bits per heavy atom. The first-order chi connectivity index (χ1) is 14.5. The highest BCUT2D eigenvalue weighted by Gasteiger charge is 2.11. The zero-order valence-electron chi connectivity index (χ0n) is 18.2. The summed E-state index contributed by atoms with van der Waals surface area (Å²) >= 11 is 0. The van der Waals surface area contributed by atoms with E-state index in [-0.39, 0.29) is 0 Å². The van der Waals surface area contributed by atoms with Crippen LogP contribution in [0.1, 0.15) is 30.0 Å². The van der Waals surface area contributed by atoms with Crippen LogP contribution in [-0.4, -0.2) is 41.7 Å². The molecule has 30 heavy (non-hydrogen) atoms. The van der Waals surface area contributed by atoms with Crippen LogP contribution in [-0.2, 0) is 15.6 Å². The summed E-state index contributed by atoms with van der Waals surface area (Å²) in [7, 11) is 0.455. The van der Waals surface area contributed by atoms with Crippen molar-refractivity contribution >= 4 is 16.5 Å². The molecule has 0 saturated heterocycles. The summed E-state index contributed by atoms with van der Waals surface area (Å²) in [5, 5.41) is 4.04. The van der Waals surface area contributed by atoms with Crippen LogP contribution in [0.2, 0.25) is 0 Å². The van der Waals surface area contributed by atoms with Crippen LogP contribution in [0, 0.1) is 13.8 Å². The SMILES string of the molecule is C/C=C/COc1cc(C)c(OCCCS(=O)C/C(=N/OC)c2ccccc2)c(C)c1. The summed E-state index contributed by atoms with van der Waals surface area (Å²) in [6.45, 7) is 7.05. The van der Waals surface area contributed by atoms with Gasteiger partial charge in [-0.2, -0.15) is 0 Å². The maximum atomic E-state index is 12.5. The molecule has 0 spiro atoms. The molecule has 2 aromatic carbocycles. The van der Waals surface area contributed by atoms with Gasteiger partial charge in [0.2, 0.25) is 0 Å². The van der Waals surface area contributed by atoms with E-state index < -0.39 is 10.8 Å². The van der Waals surface area contributed by atoms with Gasteiger partial charge in [0, 0.05) is 22.1 Å². The summed E-state index contributed by atoms with van der Waals surface area (Å²) in [5.41, 5.74) is 3.68. The number of benzene rings is 2. The topological polar surface area (TPSA) is 57.1 Å². The number of hydrogen-bond donors (Lipinski definition) is 0. The monoisotopic (exact) mass is 429 g/mol. The third-order valence-corrected chi connectivity index (χ3v) is 5.72. The molecular weight excluding hydrogens is 398 g/mol. The number of nitrogens with zero attached hydrogens (tertiary/aromatic N) is 1. The maximum Gasteiger partial charge on any atom is 0.125 e. The zero-order valence-corrected chi connectivity index (χ0v) is 19.0. The Bertz CT molecular complexity index is 855. The Balaban J connectivity index is 1.84. The molecule has 0 heterocycles. The predicted octanol–water partition coefficient (Wildman–Crippen LogP) is 4.83. The van der Waals surface area contributed by atoms with E-state index in [1.807, 2.05) is 75.4 Å². The number of aryl methyl sites for hydroxylation is 2. The van der Waals surface area contributed by atoms with Crippen molar-refractivity contribution in [2.24, 2.45) is 5.16 Å². The lowest BCUT2D eigenvalue weighted by molar-refractivity contribution is 0.213. The first-order valence-corrected chi connectivity index (χ1v) is 11.5. The van der Waals surface area contributed by atoms with Gasteiger partial charge in [0.25, 0.3) is 0 Å². The summed E-state index contributed by atoms with van der Waals surface area (Å²) in [6.07, 6.45) is 4.63. The molecule has 0 aromatic heterocycles. The van der Waals surface area contributed by atoms with Crippen LogP contribution in [0.3, 0.4) is 0 Å². The second-order valence-electron chi connectivity index (χ2n) is 6.84. The molecule has 0 radical (unpaired) electrons. The quantitative estimate of drug-likeness (QED) is 0.210. The van der Waals surface area contributed by atoms with Crippen LogP contribution in [0.15, 0.2) is 59.8 Å². The fourth-order valence-electron chi connectivity index (χ4n) is 2.98. The second kappa shape index (κ2) is 12.9. The van der Waals surface area contributed by atoms with E-state index in [1.54, 1.807) is 0 Å². The first-order valence-electron chi connectivity index (χ1n) is 10.0. The number of hydrogen-bond acceptors (Lipinski definition) is 5. The third-order valence-electron chi connectivity index (χ3n) is 4.38. The van der Waals surface area contributed by atoms with Gasteiger partial charge in [-0.25, -0.2) is 0 Å². The normalized spacial score (nSPS) is 12.7. The predicted molar refractivity (Wildman–Crippen MR) is 124 cm³/mol. The summed E-state index contributed by atoms with van der Waals surface area (Å²) in [4.78, 5) is 4.92. The Hall–Kier alpha value is -2.60. The third kappa shape index (κ3) is 7.67. The average Bonchev–Trinajstić information content (AvgIpc) is 2.73. The number of allylic oxidation sites excluding steroid dienone is 1. The van der Waals surface area contributed by atoms with Crippen molar-refractivity contribution < 1.29 is 18.5 Å². The lowest BCUT2D eigenvalue weighted by Gasteiger charge is -2.14. The van der Waals surface area contributed by atoms with Gasteiger partial charge in [-0.15, -0.1) is 0 Å². The van der Waals surface area contributed by atoms with Gasteiger partial charge < -0.3 is 14.3 Å². The van der Waals surface area contributed by atoms with Gasteiger partial charge in [-0.1, -0.05) is 47.6 Å². The smallest absolute Gasteiger partial charge is 0.125 e. The lowest BCUT2D eigenvalue weighted by atomic mass is 10.1. The van der Waals surface area contributed by atoms with Gasteiger partial charge in [-0.05, 0) is 50.5 Å². The van der Waals surface area contributed by atoms with Crippen molar-refractivity contribution in [3.8, 4) is 11.5 Å². The highest BCUT2D eigenvalue weighted by atomic mass is 32.2. The molecule has 1 atom stereocenters. The summed E-state index contributed by atoms with van der Waals surface area (Å²) in [6, 6.07) is 13.6. The molecule has 6 heteroatoms. The van der Waals surface area contributed by atoms with Gasteiger partial charge in [-0.3, -0.25) is 4.21 Å². The second-order valence-corrected chi connectivity index (χ2v) is 8.42. The van der Waals surface area contributed by atoms with Gasteiger partial charge in [0.1, 0.15) is 25.2 Å². The van der Waals surface area contributed by atoms with E-state index in [9.17, 15) is 4.21 Å². The molecule has 5 nitrogen and oxygen atoms in total. The summed E-state index contributed by atoms with van der Waals surface area (Å²) < 4.78 is 24.2. The minimum atomic E-state index is -1.05. The lowest BCUT2D eigenvalue weighted by Crippen LogP contribution is -2.16. The molecule has 0 aliphatic carbocycles. The standard InChI is InChI=1S/C24H31NO4S/c1-5-6-13-28-22-16-19(2)24(20(3)17-22)29-14-10-15-30(26)18-23(25-27-4)21-11-8-7-9-12-21/h5-9,11-12,16-17H,10,13-15,18H2,1-4H3/b6-5+,25-23-. The van der Waals surface area contributed by atoms with Gasteiger partial charge >= 0.3 is 0 Å². The zero-order chi connectivity index (χ0) is 21.8. The Labute approximate surface area is 182 Å². The van der Waals surface area contributed by atoms with Crippen molar-refractivity contribution in [2.75, 3.05) is 31.8 Å². The molecule has 0 aliphatic rings. The van der Waals surface area contributed by atoms with Crippen molar-refractivity contribution in [2.45, 2.75) is 27.2 Å². The molecule has 1 unspecified atom stereocenters. The highest BCUT2D eigenvalue weighted by molar-refractivity contribution is 7.85. The average molecular weight is 430 g/mol. The number of oxime groups is 1. The molecule has 2 aromatic rings. The van der Waals surface area contributed by atoms with E-state index in [0.717, 1.165) is 28.2 Å². The molecule has 162 valence electrons. The van der Waals surface area contributed by atoms with E-state index in [1.165, 1.54) is 7.11 Å². The van der Waals surface area contributed by atoms with E-state index >= 15 is 0 Å². The van der Waals surface area contributed by atoms with Crippen LogP contribution in [0.25, 0.3) is 0 Å². The Morgan fingerprint density at radius 3 is 2.43 bits per heavy atom. The van der Waals surface area contributed by atoms with E-state index in [0.29, 0.717) is 36.9 Å². The van der Waals surface area contributed by atoms with Crippen molar-refractivity contribution in [3.63, 3.8) is 0 Å². The molecule has 0 amide bonds. The minimum Gasteiger partial charge on any atom is -0.493 e. The molecule has 0 N–H and O–H groups in total. The summed E-state index contributed by atoms with van der Waals surface area (Å²) in [5.74, 6) is 2.60. The van der Waals surface area contributed by atoms with Crippen molar-refractivity contribution in [3.05, 3.63) is 71.3 Å². The Kier molecular flexibility index (Phi) is 10.1. The van der Waals surface area contributed by atoms with Gasteiger partial charge in [0.05, 0.1) is 18.1 Å². The van der Waals surface area contributed by atoms with Crippen LogP contribution in [0.4, 0.5) is 0 Å². The molecule has 0 fully saturated rings. The highest BCUT2D eigenvalue weighted by Crippen LogP contribution is 2.28. The molecule has 0 saturated carbocycles. The van der Waals surface area contributed by atoms with Crippen LogP contribution < -0.4 is 9.47 Å². The van der Waals surface area contributed by atoms with Crippen LogP contribution in [0.5, 0.6) is 11.5 Å². The minimum absolute atomic E-state index is 0.355. The van der Waals surface area contributed by atoms with E-state index in [4.69, 9.17) is 14.3 Å². The largest absolute Gasteiger partial charge is 0.493 e. The number of ether oxygens (including phenoxy) is 2. The first kappa shape index (κ1) is 23.7. The molecule has 2 rings (SSSR count). The molecular formula is C24H31NO4S. The maximum absolute atomic E-state index is 12.5. The van der Waals surface area contributed by atoms with Crippen molar-refractivity contribution in [1.29, 1.82) is 0 Å². The van der Waals surface area contributed by atoms with Crippen molar-refractivity contribution in [1.82, 2.24) is 0 Å². The fraction of sp³-hybridized carbons (Fsp3) is 0.375. The van der Waals surface area contributed by atoms with Crippen LogP contribution >= 0.6 is 0 Å². The molecule has 0 bridgehead atoms. The van der Waals surface area contributed by atoms with E-state index in [2.05, 4.69) is 5.16 Å². The number of rotatable bonds is 12. The molecule has 0 aliphatic heterocycles.